The molecule has 9 heteroatoms. The second kappa shape index (κ2) is 7.48. The quantitative estimate of drug-likeness (QED) is 0.623. The van der Waals surface area contributed by atoms with Crippen LogP contribution in [0.3, 0.4) is 0 Å². The topological polar surface area (TPSA) is 87.6 Å². The summed E-state index contributed by atoms with van der Waals surface area (Å²) in [4.78, 5) is 17.7. The summed E-state index contributed by atoms with van der Waals surface area (Å²) in [5, 5.41) is 9.42. The molecule has 1 aromatic heterocycles. The number of benzene rings is 2. The van der Waals surface area contributed by atoms with E-state index in [0.717, 1.165) is 11.3 Å². The summed E-state index contributed by atoms with van der Waals surface area (Å²) in [6.45, 7) is 1.58. The molecule has 1 N–H and O–H groups in total. The van der Waals surface area contributed by atoms with Gasteiger partial charge in [-0.3, -0.25) is 4.79 Å². The van der Waals surface area contributed by atoms with Gasteiger partial charge in [0.15, 0.2) is 0 Å². The number of fused-ring (bicyclic) bond motifs is 1. The van der Waals surface area contributed by atoms with Gasteiger partial charge in [-0.1, -0.05) is 18.2 Å². The predicted molar refractivity (Wildman–Crippen MR) is 111 cm³/mol. The van der Waals surface area contributed by atoms with Crippen molar-refractivity contribution in [1.82, 2.24) is 4.98 Å². The van der Waals surface area contributed by atoms with E-state index in [-0.39, 0.29) is 22.1 Å². The number of carboxylic acids is 1. The minimum absolute atomic E-state index is 0.146. The Morgan fingerprint density at radius 2 is 2.00 bits per heavy atom. The van der Waals surface area contributed by atoms with Crippen LogP contribution in [0.1, 0.15) is 18.2 Å². The molecule has 1 atom stereocenters. The lowest BCUT2D eigenvalue weighted by Crippen LogP contribution is -2.48. The Kier molecular flexibility index (Phi) is 5.11. The van der Waals surface area contributed by atoms with Crippen LogP contribution < -0.4 is 4.90 Å². The standard InChI is InChI=1S/C21H19FN2O4S2/c1-21(10-14-9-15(22)7-8-18(14)24(21)12-19(25)26)11-17-20(29-13-23-17)30(27,28)16-5-3-2-4-6-16/h2-9,13H,10-12H2,1H3,(H,25,26). The van der Waals surface area contributed by atoms with Crippen LogP contribution in [-0.2, 0) is 27.5 Å². The zero-order valence-corrected chi connectivity index (χ0v) is 17.7. The minimum Gasteiger partial charge on any atom is -0.480 e. The molecule has 0 spiro atoms. The number of carboxylic acid groups (broad SMARTS) is 1. The number of aromatic nitrogens is 1. The van der Waals surface area contributed by atoms with Crippen molar-refractivity contribution in [2.24, 2.45) is 0 Å². The van der Waals surface area contributed by atoms with Gasteiger partial charge in [0.25, 0.3) is 0 Å². The molecule has 156 valence electrons. The molecule has 0 saturated heterocycles. The monoisotopic (exact) mass is 446 g/mol. The van der Waals surface area contributed by atoms with E-state index in [1.165, 1.54) is 29.8 Å². The summed E-state index contributed by atoms with van der Waals surface area (Å²) in [5.41, 5.74) is 2.45. The van der Waals surface area contributed by atoms with E-state index in [1.807, 2.05) is 6.92 Å². The summed E-state index contributed by atoms with van der Waals surface area (Å²) < 4.78 is 40.2. The Labute approximate surface area is 177 Å². The zero-order chi connectivity index (χ0) is 21.5. The molecular formula is C21H19FN2O4S2. The van der Waals surface area contributed by atoms with E-state index < -0.39 is 27.2 Å². The molecule has 0 saturated carbocycles. The highest BCUT2D eigenvalue weighted by molar-refractivity contribution is 7.93. The Morgan fingerprint density at radius 1 is 1.27 bits per heavy atom. The van der Waals surface area contributed by atoms with Gasteiger partial charge in [0.05, 0.1) is 16.1 Å². The van der Waals surface area contributed by atoms with E-state index in [4.69, 9.17) is 0 Å². The van der Waals surface area contributed by atoms with Gasteiger partial charge in [-0.25, -0.2) is 17.8 Å². The number of thiazole rings is 1. The van der Waals surface area contributed by atoms with Crippen LogP contribution in [0, 0.1) is 5.82 Å². The van der Waals surface area contributed by atoms with Gasteiger partial charge in [-0.05, 0) is 49.2 Å². The molecule has 1 unspecified atom stereocenters. The fourth-order valence-electron chi connectivity index (χ4n) is 3.99. The minimum atomic E-state index is -3.75. The van der Waals surface area contributed by atoms with Crippen LogP contribution in [0.4, 0.5) is 10.1 Å². The fraction of sp³-hybridized carbons (Fsp3) is 0.238. The lowest BCUT2D eigenvalue weighted by molar-refractivity contribution is -0.135. The van der Waals surface area contributed by atoms with Gasteiger partial charge in [0, 0.05) is 17.6 Å². The highest BCUT2D eigenvalue weighted by atomic mass is 32.2. The highest BCUT2D eigenvalue weighted by Gasteiger charge is 2.42. The molecule has 0 bridgehead atoms. The van der Waals surface area contributed by atoms with E-state index in [9.17, 15) is 22.7 Å². The molecule has 30 heavy (non-hydrogen) atoms. The number of nitrogens with zero attached hydrogens (tertiary/aromatic N) is 2. The van der Waals surface area contributed by atoms with E-state index in [1.54, 1.807) is 29.2 Å². The Balaban J connectivity index is 1.73. The average molecular weight is 447 g/mol. The maximum Gasteiger partial charge on any atom is 0.323 e. The van der Waals surface area contributed by atoms with Gasteiger partial charge in [0.2, 0.25) is 9.84 Å². The maximum atomic E-state index is 13.8. The second-order valence-electron chi connectivity index (χ2n) is 7.51. The Hall–Kier alpha value is -2.78. The summed E-state index contributed by atoms with van der Waals surface area (Å²) >= 11 is 1.04. The van der Waals surface area contributed by atoms with Crippen LogP contribution in [0.15, 0.2) is 63.1 Å². The van der Waals surface area contributed by atoms with Crippen LogP contribution in [0.2, 0.25) is 0 Å². The highest BCUT2D eigenvalue weighted by Crippen LogP contribution is 2.42. The normalized spacial score (nSPS) is 18.4. The van der Waals surface area contributed by atoms with Gasteiger partial charge in [-0.2, -0.15) is 0 Å². The number of hydrogen-bond acceptors (Lipinski definition) is 6. The van der Waals surface area contributed by atoms with Crippen molar-refractivity contribution in [3.05, 3.63) is 71.1 Å². The number of sulfone groups is 1. The molecule has 1 aliphatic heterocycles. The number of halogens is 1. The molecule has 1 aliphatic rings. The number of anilines is 1. The number of hydrogen-bond donors (Lipinski definition) is 1. The Bertz CT molecular complexity index is 1210. The number of rotatable bonds is 6. The van der Waals surface area contributed by atoms with Gasteiger partial charge < -0.3 is 10.0 Å². The smallest absolute Gasteiger partial charge is 0.323 e. The second-order valence-corrected chi connectivity index (χ2v) is 10.5. The van der Waals surface area contributed by atoms with E-state index >= 15 is 0 Å². The molecule has 4 rings (SSSR count). The molecule has 6 nitrogen and oxygen atoms in total. The van der Waals surface area contributed by atoms with Crippen molar-refractivity contribution < 1.29 is 22.7 Å². The lowest BCUT2D eigenvalue weighted by Gasteiger charge is -2.36. The third-order valence-corrected chi connectivity index (χ3v) is 8.52. The van der Waals surface area contributed by atoms with Crippen LogP contribution >= 0.6 is 11.3 Å². The van der Waals surface area contributed by atoms with Crippen LogP contribution in [0.5, 0.6) is 0 Å². The summed E-state index contributed by atoms with van der Waals surface area (Å²) in [5.74, 6) is -1.41. The van der Waals surface area contributed by atoms with Gasteiger partial charge in [-0.15, -0.1) is 11.3 Å². The molecule has 0 fully saturated rings. The summed E-state index contributed by atoms with van der Waals surface area (Å²) in [7, 11) is -3.75. The van der Waals surface area contributed by atoms with E-state index in [2.05, 4.69) is 4.98 Å². The third kappa shape index (κ3) is 3.59. The third-order valence-electron chi connectivity index (χ3n) is 5.30. The largest absolute Gasteiger partial charge is 0.480 e. The molecule has 3 aromatic rings. The van der Waals surface area contributed by atoms with Crippen molar-refractivity contribution in [2.45, 2.75) is 34.4 Å². The van der Waals surface area contributed by atoms with E-state index in [0.29, 0.717) is 23.4 Å². The SMILES string of the molecule is CC1(Cc2ncsc2S(=O)(=O)c2ccccc2)Cc2cc(F)ccc2N1CC(=O)O. The van der Waals surface area contributed by atoms with Crippen molar-refractivity contribution in [3.8, 4) is 0 Å². The van der Waals surface area contributed by atoms with Gasteiger partial charge in [0.1, 0.15) is 16.6 Å². The first-order chi connectivity index (χ1) is 14.2. The van der Waals surface area contributed by atoms with Gasteiger partial charge >= 0.3 is 5.97 Å². The molecule has 2 heterocycles. The lowest BCUT2D eigenvalue weighted by atomic mass is 9.91. The molecule has 2 aromatic carbocycles. The molecule has 0 aliphatic carbocycles. The number of carbonyl (C=O) groups is 1. The first kappa shape index (κ1) is 20.5. The van der Waals surface area contributed by atoms with Crippen molar-refractivity contribution in [2.75, 3.05) is 11.4 Å². The summed E-state index contributed by atoms with van der Waals surface area (Å²) in [6.07, 6.45) is 0.594. The average Bonchev–Trinajstić information content (AvgIpc) is 3.25. The Morgan fingerprint density at radius 3 is 2.70 bits per heavy atom. The molecule has 0 amide bonds. The zero-order valence-electron chi connectivity index (χ0n) is 16.1. The number of aliphatic carboxylic acids is 1. The predicted octanol–water partition coefficient (Wildman–Crippen LogP) is 3.56. The maximum absolute atomic E-state index is 13.8. The van der Waals surface area contributed by atoms with Crippen LogP contribution in [0.25, 0.3) is 0 Å². The molecule has 0 radical (unpaired) electrons. The van der Waals surface area contributed by atoms with Crippen molar-refractivity contribution in [1.29, 1.82) is 0 Å². The van der Waals surface area contributed by atoms with Crippen molar-refractivity contribution >= 4 is 32.8 Å². The van der Waals surface area contributed by atoms with Crippen molar-refractivity contribution in [3.63, 3.8) is 0 Å². The summed E-state index contributed by atoms with van der Waals surface area (Å²) in [6, 6.07) is 12.4. The fourth-order valence-corrected chi connectivity index (χ4v) is 6.61. The first-order valence-electron chi connectivity index (χ1n) is 9.21. The molecular weight excluding hydrogens is 427 g/mol. The first-order valence-corrected chi connectivity index (χ1v) is 11.6. The van der Waals surface area contributed by atoms with Crippen LogP contribution in [-0.4, -0.2) is 36.6 Å².